The first kappa shape index (κ1) is 16.8. The quantitative estimate of drug-likeness (QED) is 0.447. The van der Waals surface area contributed by atoms with Crippen molar-refractivity contribution < 1.29 is 9.53 Å². The standard InChI is InChI=1S/C14H17ClN6O2/c1-23-7-6-17-12-11(16)13(19-8-18-12)20-21-14(22)9-4-2-3-5-10(9)15/h2-5,8H,6-7,16H2,1H3,(H,21,22)(H2,17,18,19,20). The Hall–Kier alpha value is -2.58. The Morgan fingerprint density at radius 3 is 2.78 bits per heavy atom. The van der Waals surface area contributed by atoms with Crippen molar-refractivity contribution in [1.82, 2.24) is 15.4 Å². The SMILES string of the molecule is COCCNc1ncnc(NNC(=O)c2ccccc2Cl)c1N. The molecule has 0 spiro atoms. The Morgan fingerprint density at radius 1 is 1.30 bits per heavy atom. The number of hydrogen-bond acceptors (Lipinski definition) is 7. The predicted octanol–water partition coefficient (Wildman–Crippen LogP) is 1.53. The second-order valence-electron chi connectivity index (χ2n) is 4.46. The second-order valence-corrected chi connectivity index (χ2v) is 4.87. The van der Waals surface area contributed by atoms with Gasteiger partial charge in [0.2, 0.25) is 0 Å². The summed E-state index contributed by atoms with van der Waals surface area (Å²) in [6.45, 7) is 1.05. The number of benzene rings is 1. The van der Waals surface area contributed by atoms with Crippen LogP contribution in [0.3, 0.4) is 0 Å². The van der Waals surface area contributed by atoms with Gasteiger partial charge in [-0.3, -0.25) is 15.6 Å². The summed E-state index contributed by atoms with van der Waals surface area (Å²) in [4.78, 5) is 20.1. The lowest BCUT2D eigenvalue weighted by Gasteiger charge is -2.13. The highest BCUT2D eigenvalue weighted by molar-refractivity contribution is 6.33. The van der Waals surface area contributed by atoms with Crippen molar-refractivity contribution in [3.05, 3.63) is 41.2 Å². The fourth-order valence-electron chi connectivity index (χ4n) is 1.74. The molecular weight excluding hydrogens is 320 g/mol. The van der Waals surface area contributed by atoms with E-state index in [2.05, 4.69) is 26.1 Å². The number of carbonyl (C=O) groups is 1. The highest BCUT2D eigenvalue weighted by atomic mass is 35.5. The molecule has 1 heterocycles. The van der Waals surface area contributed by atoms with Crippen LogP contribution in [0.15, 0.2) is 30.6 Å². The van der Waals surface area contributed by atoms with Gasteiger partial charge in [-0.15, -0.1) is 0 Å². The molecule has 8 nitrogen and oxygen atoms in total. The van der Waals surface area contributed by atoms with Crippen molar-refractivity contribution in [3.63, 3.8) is 0 Å². The number of nitrogen functional groups attached to an aromatic ring is 1. The topological polar surface area (TPSA) is 114 Å². The summed E-state index contributed by atoms with van der Waals surface area (Å²) >= 11 is 5.97. The van der Waals surface area contributed by atoms with Gasteiger partial charge in [0.1, 0.15) is 12.0 Å². The maximum Gasteiger partial charge on any atom is 0.271 e. The Morgan fingerprint density at radius 2 is 2.04 bits per heavy atom. The summed E-state index contributed by atoms with van der Waals surface area (Å²) in [6.07, 6.45) is 1.33. The van der Waals surface area contributed by atoms with Crippen molar-refractivity contribution >= 4 is 34.8 Å². The molecule has 0 atom stereocenters. The first-order valence-corrected chi connectivity index (χ1v) is 7.15. The first-order chi connectivity index (χ1) is 11.1. The van der Waals surface area contributed by atoms with Crippen molar-refractivity contribution in [2.24, 2.45) is 0 Å². The number of hydrogen-bond donors (Lipinski definition) is 4. The van der Waals surface area contributed by atoms with E-state index in [1.54, 1.807) is 31.4 Å². The Balaban J connectivity index is 2.02. The average Bonchev–Trinajstić information content (AvgIpc) is 2.55. The van der Waals surface area contributed by atoms with Gasteiger partial charge in [-0.05, 0) is 12.1 Å². The summed E-state index contributed by atoms with van der Waals surface area (Å²) in [5, 5.41) is 3.36. The largest absolute Gasteiger partial charge is 0.393 e. The molecule has 0 unspecified atom stereocenters. The third-order valence-electron chi connectivity index (χ3n) is 2.90. The van der Waals surface area contributed by atoms with Crippen molar-refractivity contribution in [3.8, 4) is 0 Å². The highest BCUT2D eigenvalue weighted by Crippen LogP contribution is 2.21. The number of halogens is 1. The third-order valence-corrected chi connectivity index (χ3v) is 3.23. The number of carbonyl (C=O) groups excluding carboxylic acids is 1. The Bertz CT molecular complexity index is 682. The lowest BCUT2D eigenvalue weighted by molar-refractivity contribution is 0.0962. The minimum atomic E-state index is -0.400. The number of nitrogens with zero attached hydrogens (tertiary/aromatic N) is 2. The smallest absolute Gasteiger partial charge is 0.271 e. The minimum Gasteiger partial charge on any atom is -0.393 e. The van der Waals surface area contributed by atoms with Crippen molar-refractivity contribution in [2.45, 2.75) is 0 Å². The van der Waals surface area contributed by atoms with Gasteiger partial charge in [-0.25, -0.2) is 9.97 Å². The molecule has 2 aromatic rings. The van der Waals surface area contributed by atoms with E-state index in [9.17, 15) is 4.79 Å². The number of amides is 1. The zero-order valence-corrected chi connectivity index (χ0v) is 13.2. The van der Waals surface area contributed by atoms with Crippen LogP contribution in [0, 0.1) is 0 Å². The van der Waals surface area contributed by atoms with Crippen LogP contribution in [0.5, 0.6) is 0 Å². The maximum atomic E-state index is 12.1. The molecule has 0 aliphatic carbocycles. The van der Waals surface area contributed by atoms with Crippen molar-refractivity contribution in [1.29, 1.82) is 0 Å². The highest BCUT2D eigenvalue weighted by Gasteiger charge is 2.11. The average molecular weight is 337 g/mol. The van der Waals surface area contributed by atoms with Gasteiger partial charge in [0.25, 0.3) is 5.91 Å². The molecule has 122 valence electrons. The van der Waals surface area contributed by atoms with Gasteiger partial charge in [0.15, 0.2) is 11.6 Å². The number of methoxy groups -OCH3 is 1. The van der Waals surface area contributed by atoms with Crippen LogP contribution in [0.2, 0.25) is 5.02 Å². The van der Waals surface area contributed by atoms with E-state index in [0.717, 1.165) is 0 Å². The van der Waals surface area contributed by atoms with E-state index >= 15 is 0 Å². The van der Waals surface area contributed by atoms with E-state index in [4.69, 9.17) is 22.1 Å². The summed E-state index contributed by atoms with van der Waals surface area (Å²) in [7, 11) is 1.60. The molecule has 0 aliphatic heterocycles. The number of nitrogens with one attached hydrogen (secondary N) is 3. The molecule has 0 fully saturated rings. The van der Waals surface area contributed by atoms with Crippen LogP contribution < -0.4 is 21.9 Å². The maximum absolute atomic E-state index is 12.1. The Kier molecular flexibility index (Phi) is 5.95. The van der Waals surface area contributed by atoms with Crippen LogP contribution in [0.1, 0.15) is 10.4 Å². The number of ether oxygens (including phenoxy) is 1. The van der Waals surface area contributed by atoms with E-state index in [1.807, 2.05) is 0 Å². The molecule has 1 aromatic carbocycles. The van der Waals surface area contributed by atoms with Crippen LogP contribution in [0.25, 0.3) is 0 Å². The number of aromatic nitrogens is 2. The molecule has 23 heavy (non-hydrogen) atoms. The number of anilines is 3. The molecule has 2 rings (SSSR count). The van der Waals surface area contributed by atoms with Crippen LogP contribution >= 0.6 is 11.6 Å². The van der Waals surface area contributed by atoms with Gasteiger partial charge in [-0.1, -0.05) is 23.7 Å². The lowest BCUT2D eigenvalue weighted by atomic mass is 10.2. The second kappa shape index (κ2) is 8.16. The van der Waals surface area contributed by atoms with Gasteiger partial charge < -0.3 is 15.8 Å². The summed E-state index contributed by atoms with van der Waals surface area (Å²) < 4.78 is 4.94. The summed E-state index contributed by atoms with van der Waals surface area (Å²) in [6, 6.07) is 6.71. The molecule has 0 bridgehead atoms. The first-order valence-electron chi connectivity index (χ1n) is 6.77. The van der Waals surface area contributed by atoms with Crippen LogP contribution in [0.4, 0.5) is 17.3 Å². The molecule has 9 heteroatoms. The van der Waals surface area contributed by atoms with E-state index in [1.165, 1.54) is 6.33 Å². The van der Waals surface area contributed by atoms with Gasteiger partial charge >= 0.3 is 0 Å². The van der Waals surface area contributed by atoms with Gasteiger partial charge in [0, 0.05) is 13.7 Å². The number of nitrogens with two attached hydrogens (primary N) is 1. The predicted molar refractivity (Wildman–Crippen MR) is 89.4 cm³/mol. The van der Waals surface area contributed by atoms with E-state index in [-0.39, 0.29) is 11.5 Å². The molecule has 1 amide bonds. The summed E-state index contributed by atoms with van der Waals surface area (Å²) in [5.41, 5.74) is 11.7. The van der Waals surface area contributed by atoms with Crippen molar-refractivity contribution in [2.75, 3.05) is 36.7 Å². The molecule has 5 N–H and O–H groups in total. The fraction of sp³-hybridized carbons (Fsp3) is 0.214. The number of rotatable bonds is 7. The normalized spacial score (nSPS) is 10.2. The van der Waals surface area contributed by atoms with E-state index in [0.29, 0.717) is 29.6 Å². The zero-order chi connectivity index (χ0) is 16.7. The zero-order valence-electron chi connectivity index (χ0n) is 12.5. The number of hydrazine groups is 1. The fourth-order valence-corrected chi connectivity index (χ4v) is 1.96. The molecule has 1 aromatic heterocycles. The molecule has 0 aliphatic rings. The molecular formula is C14H17ClN6O2. The van der Waals surface area contributed by atoms with Gasteiger partial charge in [0.05, 0.1) is 17.2 Å². The Labute approximate surface area is 138 Å². The molecule has 0 saturated carbocycles. The summed E-state index contributed by atoms with van der Waals surface area (Å²) in [5.74, 6) is 0.328. The molecule has 0 radical (unpaired) electrons. The van der Waals surface area contributed by atoms with Crippen LogP contribution in [-0.4, -0.2) is 36.1 Å². The lowest BCUT2D eigenvalue weighted by Crippen LogP contribution is -2.30. The van der Waals surface area contributed by atoms with Gasteiger partial charge in [-0.2, -0.15) is 0 Å². The third kappa shape index (κ3) is 4.44. The monoisotopic (exact) mass is 336 g/mol. The minimum absolute atomic E-state index is 0.278. The molecule has 0 saturated heterocycles. The van der Waals surface area contributed by atoms with Crippen LogP contribution in [-0.2, 0) is 4.74 Å². The van der Waals surface area contributed by atoms with E-state index < -0.39 is 5.91 Å².